The Morgan fingerprint density at radius 3 is 2.80 bits per heavy atom. The van der Waals surface area contributed by atoms with E-state index < -0.39 is 0 Å². The highest BCUT2D eigenvalue weighted by Gasteiger charge is 2.05. The Balaban J connectivity index is 2.71. The summed E-state index contributed by atoms with van der Waals surface area (Å²) in [5.74, 6) is 1.19. The third-order valence-electron chi connectivity index (χ3n) is 2.16. The fourth-order valence-electron chi connectivity index (χ4n) is 1.52. The van der Waals surface area contributed by atoms with Crippen molar-refractivity contribution in [1.82, 2.24) is 4.98 Å². The van der Waals surface area contributed by atoms with Gasteiger partial charge in [-0.3, -0.25) is 0 Å². The molecule has 15 heavy (non-hydrogen) atoms. The van der Waals surface area contributed by atoms with Crippen LogP contribution in [0, 0.1) is 6.92 Å². The SMILES string of the molecule is CCCC(C)Oc1cc(CCl)cc(C)n1. The fraction of sp³-hybridized carbons (Fsp3) is 0.583. The number of nitrogens with zero attached hydrogens (tertiary/aromatic N) is 1. The lowest BCUT2D eigenvalue weighted by Gasteiger charge is -2.13. The fourth-order valence-corrected chi connectivity index (χ4v) is 1.67. The van der Waals surface area contributed by atoms with E-state index >= 15 is 0 Å². The first-order chi connectivity index (χ1) is 7.15. The summed E-state index contributed by atoms with van der Waals surface area (Å²) in [6, 6.07) is 3.89. The smallest absolute Gasteiger partial charge is 0.214 e. The van der Waals surface area contributed by atoms with Crippen LogP contribution >= 0.6 is 11.6 Å². The first kappa shape index (κ1) is 12.3. The summed E-state index contributed by atoms with van der Waals surface area (Å²) in [4.78, 5) is 4.32. The van der Waals surface area contributed by atoms with Gasteiger partial charge in [0.15, 0.2) is 0 Å². The van der Waals surface area contributed by atoms with Crippen molar-refractivity contribution >= 4 is 11.6 Å². The van der Waals surface area contributed by atoms with Crippen molar-refractivity contribution in [2.75, 3.05) is 0 Å². The Kier molecular flexibility index (Phi) is 4.89. The molecular formula is C12H18ClNO. The van der Waals surface area contributed by atoms with Crippen LogP contribution in [0.15, 0.2) is 12.1 Å². The van der Waals surface area contributed by atoms with Gasteiger partial charge in [0.2, 0.25) is 5.88 Å². The molecule has 2 nitrogen and oxygen atoms in total. The number of ether oxygens (including phenoxy) is 1. The molecule has 0 radical (unpaired) electrons. The molecule has 0 aliphatic rings. The van der Waals surface area contributed by atoms with E-state index in [1.165, 1.54) is 0 Å². The van der Waals surface area contributed by atoms with Gasteiger partial charge in [-0.1, -0.05) is 13.3 Å². The van der Waals surface area contributed by atoms with E-state index in [0.717, 1.165) is 24.1 Å². The van der Waals surface area contributed by atoms with Crippen LogP contribution in [0.25, 0.3) is 0 Å². The molecule has 0 aliphatic heterocycles. The highest BCUT2D eigenvalue weighted by Crippen LogP contribution is 2.16. The van der Waals surface area contributed by atoms with Gasteiger partial charge in [-0.05, 0) is 31.9 Å². The minimum Gasteiger partial charge on any atom is -0.475 e. The predicted molar refractivity (Wildman–Crippen MR) is 63.5 cm³/mol. The van der Waals surface area contributed by atoms with Crippen LogP contribution in [0.2, 0.25) is 0 Å². The molecule has 0 saturated carbocycles. The normalized spacial score (nSPS) is 12.5. The number of alkyl halides is 1. The van der Waals surface area contributed by atoms with Crippen LogP contribution in [0.1, 0.15) is 37.9 Å². The lowest BCUT2D eigenvalue weighted by molar-refractivity contribution is 0.201. The Morgan fingerprint density at radius 1 is 1.47 bits per heavy atom. The van der Waals surface area contributed by atoms with Crippen molar-refractivity contribution < 1.29 is 4.74 Å². The molecule has 0 saturated heterocycles. The summed E-state index contributed by atoms with van der Waals surface area (Å²) in [5, 5.41) is 0. The number of hydrogen-bond donors (Lipinski definition) is 0. The highest BCUT2D eigenvalue weighted by molar-refractivity contribution is 6.17. The molecule has 0 aliphatic carbocycles. The summed E-state index contributed by atoms with van der Waals surface area (Å²) < 4.78 is 5.71. The largest absolute Gasteiger partial charge is 0.475 e. The van der Waals surface area contributed by atoms with Crippen LogP contribution in [0.4, 0.5) is 0 Å². The minimum absolute atomic E-state index is 0.215. The summed E-state index contributed by atoms with van der Waals surface area (Å²) in [5.41, 5.74) is 2.01. The van der Waals surface area contributed by atoms with Crippen LogP contribution < -0.4 is 4.74 Å². The molecular weight excluding hydrogens is 210 g/mol. The minimum atomic E-state index is 0.215. The van der Waals surface area contributed by atoms with Gasteiger partial charge >= 0.3 is 0 Å². The first-order valence-corrected chi connectivity index (χ1v) is 5.89. The molecule has 0 aromatic carbocycles. The van der Waals surface area contributed by atoms with E-state index in [1.54, 1.807) is 0 Å². The van der Waals surface area contributed by atoms with Crippen molar-refractivity contribution in [3.8, 4) is 5.88 Å². The van der Waals surface area contributed by atoms with Crippen molar-refractivity contribution in [3.05, 3.63) is 23.4 Å². The van der Waals surface area contributed by atoms with Gasteiger partial charge in [-0.2, -0.15) is 0 Å². The molecule has 0 amide bonds. The lowest BCUT2D eigenvalue weighted by Crippen LogP contribution is -2.12. The Hall–Kier alpha value is -0.760. The molecule has 1 atom stereocenters. The molecule has 0 bridgehead atoms. The maximum atomic E-state index is 5.79. The van der Waals surface area contributed by atoms with Crippen LogP contribution in [0.5, 0.6) is 5.88 Å². The summed E-state index contributed by atoms with van der Waals surface area (Å²) in [6.07, 6.45) is 2.38. The molecule has 1 aromatic heterocycles. The molecule has 0 N–H and O–H groups in total. The highest BCUT2D eigenvalue weighted by atomic mass is 35.5. The zero-order chi connectivity index (χ0) is 11.3. The van der Waals surface area contributed by atoms with Crippen molar-refractivity contribution in [3.63, 3.8) is 0 Å². The van der Waals surface area contributed by atoms with Crippen LogP contribution in [-0.2, 0) is 5.88 Å². The number of halogens is 1. The van der Waals surface area contributed by atoms with Gasteiger partial charge in [-0.15, -0.1) is 11.6 Å². The van der Waals surface area contributed by atoms with Crippen molar-refractivity contribution in [1.29, 1.82) is 0 Å². The van der Waals surface area contributed by atoms with Crippen molar-refractivity contribution in [2.45, 2.75) is 45.6 Å². The number of hydrogen-bond acceptors (Lipinski definition) is 2. The summed E-state index contributed by atoms with van der Waals surface area (Å²) >= 11 is 5.79. The zero-order valence-electron chi connectivity index (χ0n) is 9.59. The van der Waals surface area contributed by atoms with E-state index in [9.17, 15) is 0 Å². The second kappa shape index (κ2) is 5.96. The van der Waals surface area contributed by atoms with Crippen LogP contribution in [0.3, 0.4) is 0 Å². The Bertz CT molecular complexity index is 314. The molecule has 0 spiro atoms. The maximum Gasteiger partial charge on any atom is 0.214 e. The molecule has 0 fully saturated rings. The summed E-state index contributed by atoms with van der Waals surface area (Å²) in [7, 11) is 0. The number of rotatable bonds is 5. The van der Waals surface area contributed by atoms with Gasteiger partial charge in [0.25, 0.3) is 0 Å². The molecule has 84 valence electrons. The van der Waals surface area contributed by atoms with Gasteiger partial charge in [0, 0.05) is 17.6 Å². The zero-order valence-corrected chi connectivity index (χ0v) is 10.3. The monoisotopic (exact) mass is 227 g/mol. The number of pyridine rings is 1. The van der Waals surface area contributed by atoms with Gasteiger partial charge in [0.1, 0.15) is 0 Å². The van der Waals surface area contributed by atoms with Gasteiger partial charge in [-0.25, -0.2) is 4.98 Å². The van der Waals surface area contributed by atoms with E-state index in [0.29, 0.717) is 11.8 Å². The van der Waals surface area contributed by atoms with Crippen molar-refractivity contribution in [2.24, 2.45) is 0 Å². The van der Waals surface area contributed by atoms with Crippen LogP contribution in [-0.4, -0.2) is 11.1 Å². The van der Waals surface area contributed by atoms with E-state index in [2.05, 4.69) is 18.8 Å². The van der Waals surface area contributed by atoms with E-state index in [-0.39, 0.29) is 6.10 Å². The Morgan fingerprint density at radius 2 is 2.20 bits per heavy atom. The molecule has 1 aromatic rings. The number of aryl methyl sites for hydroxylation is 1. The van der Waals surface area contributed by atoms with E-state index in [1.807, 2.05) is 19.1 Å². The Labute approximate surface area is 96.6 Å². The quantitative estimate of drug-likeness (QED) is 0.716. The molecule has 1 unspecified atom stereocenters. The average molecular weight is 228 g/mol. The third kappa shape index (κ3) is 4.08. The van der Waals surface area contributed by atoms with Gasteiger partial charge in [0.05, 0.1) is 6.10 Å². The topological polar surface area (TPSA) is 22.1 Å². The standard InChI is InChI=1S/C12H18ClNO/c1-4-5-10(3)15-12-7-11(8-13)6-9(2)14-12/h6-7,10H,4-5,8H2,1-3H3. The molecule has 3 heteroatoms. The maximum absolute atomic E-state index is 5.79. The summed E-state index contributed by atoms with van der Waals surface area (Å²) in [6.45, 7) is 6.16. The first-order valence-electron chi connectivity index (χ1n) is 5.36. The van der Waals surface area contributed by atoms with E-state index in [4.69, 9.17) is 16.3 Å². The average Bonchev–Trinajstić information content (AvgIpc) is 2.17. The lowest BCUT2D eigenvalue weighted by atomic mass is 10.2. The predicted octanol–water partition coefficient (Wildman–Crippen LogP) is 3.70. The second-order valence-electron chi connectivity index (χ2n) is 3.81. The molecule has 1 rings (SSSR count). The van der Waals surface area contributed by atoms with Gasteiger partial charge < -0.3 is 4.74 Å². The third-order valence-corrected chi connectivity index (χ3v) is 2.47. The molecule has 1 heterocycles. The number of aromatic nitrogens is 1. The second-order valence-corrected chi connectivity index (χ2v) is 4.07.